The van der Waals surface area contributed by atoms with Gasteiger partial charge in [-0.1, -0.05) is 13.8 Å². The van der Waals surface area contributed by atoms with Gasteiger partial charge in [0.25, 0.3) is 0 Å². The van der Waals surface area contributed by atoms with Crippen molar-refractivity contribution in [2.24, 2.45) is 11.7 Å². The molecular weight excluding hydrogens is 216 g/mol. The number of aryl methyl sites for hydroxylation is 1. The lowest BCUT2D eigenvalue weighted by Crippen LogP contribution is -2.28. The second kappa shape index (κ2) is 6.39. The summed E-state index contributed by atoms with van der Waals surface area (Å²) in [5.74, 6) is 0.551. The Kier molecular flexibility index (Phi) is 5.15. The van der Waals surface area contributed by atoms with Crippen LogP contribution in [0.3, 0.4) is 0 Å². The van der Waals surface area contributed by atoms with Crippen molar-refractivity contribution >= 4 is 5.91 Å². The molecule has 1 amide bonds. The number of hydrogen-bond donors (Lipinski definition) is 2. The molecule has 1 heterocycles. The number of carbonyl (C=O) groups excluding carboxylic acids is 1. The van der Waals surface area contributed by atoms with Crippen LogP contribution in [0.25, 0.3) is 0 Å². The maximum absolute atomic E-state index is 11.5. The summed E-state index contributed by atoms with van der Waals surface area (Å²) in [6, 6.07) is -0.0591. The lowest BCUT2D eigenvalue weighted by molar-refractivity contribution is -0.121. The molecule has 0 saturated heterocycles. The Hall–Kier alpha value is -1.36. The van der Waals surface area contributed by atoms with E-state index in [9.17, 15) is 4.79 Å². The van der Waals surface area contributed by atoms with E-state index in [4.69, 9.17) is 5.73 Å². The van der Waals surface area contributed by atoms with Crippen LogP contribution in [0.4, 0.5) is 0 Å². The predicted molar refractivity (Wildman–Crippen MR) is 67.3 cm³/mol. The van der Waals surface area contributed by atoms with Crippen LogP contribution in [0, 0.1) is 5.92 Å². The fourth-order valence-corrected chi connectivity index (χ4v) is 1.53. The van der Waals surface area contributed by atoms with Crippen LogP contribution in [0.2, 0.25) is 0 Å². The Labute approximate surface area is 102 Å². The van der Waals surface area contributed by atoms with Gasteiger partial charge in [0.2, 0.25) is 5.91 Å². The molecule has 5 nitrogen and oxygen atoms in total. The molecule has 0 spiro atoms. The highest BCUT2D eigenvalue weighted by atomic mass is 16.1. The summed E-state index contributed by atoms with van der Waals surface area (Å²) < 4.78 is 1.93. The van der Waals surface area contributed by atoms with Gasteiger partial charge in [0, 0.05) is 31.7 Å². The number of nitrogens with two attached hydrogens (primary N) is 1. The van der Waals surface area contributed by atoms with Crippen molar-refractivity contribution < 1.29 is 4.79 Å². The molecule has 1 aromatic rings. The van der Waals surface area contributed by atoms with Crippen LogP contribution >= 0.6 is 0 Å². The standard InChI is InChI=1S/C12H22N4O/c1-9(2)6-15-12(17)4-5-16-8-14-7-11(16)10(3)13/h7-10H,4-6,13H2,1-3H3,(H,15,17). The van der Waals surface area contributed by atoms with E-state index in [1.807, 2.05) is 11.5 Å². The molecule has 0 saturated carbocycles. The highest BCUT2D eigenvalue weighted by molar-refractivity contribution is 5.75. The fourth-order valence-electron chi connectivity index (χ4n) is 1.53. The number of amides is 1. The third-order valence-corrected chi connectivity index (χ3v) is 2.50. The first-order chi connectivity index (χ1) is 8.00. The summed E-state index contributed by atoms with van der Waals surface area (Å²) in [6.07, 6.45) is 3.92. The van der Waals surface area contributed by atoms with Crippen LogP contribution in [0.5, 0.6) is 0 Å². The van der Waals surface area contributed by atoms with Crippen LogP contribution < -0.4 is 11.1 Å². The average molecular weight is 238 g/mol. The number of aromatic nitrogens is 2. The van der Waals surface area contributed by atoms with Gasteiger partial charge in [-0.25, -0.2) is 4.98 Å². The number of carbonyl (C=O) groups is 1. The molecule has 5 heteroatoms. The highest BCUT2D eigenvalue weighted by Crippen LogP contribution is 2.08. The van der Waals surface area contributed by atoms with Gasteiger partial charge in [-0.3, -0.25) is 4.79 Å². The van der Waals surface area contributed by atoms with Crippen molar-refractivity contribution in [3.05, 3.63) is 18.2 Å². The molecule has 0 aliphatic rings. The lowest BCUT2D eigenvalue weighted by Gasteiger charge is -2.11. The van der Waals surface area contributed by atoms with Crippen LogP contribution in [0.15, 0.2) is 12.5 Å². The van der Waals surface area contributed by atoms with Gasteiger partial charge in [-0.05, 0) is 12.8 Å². The average Bonchev–Trinajstić information content (AvgIpc) is 2.71. The van der Waals surface area contributed by atoms with Crippen LogP contribution in [-0.4, -0.2) is 22.0 Å². The molecule has 0 fully saturated rings. The molecule has 0 bridgehead atoms. The quantitative estimate of drug-likeness (QED) is 0.778. The van der Waals surface area contributed by atoms with Crippen molar-refractivity contribution in [1.29, 1.82) is 0 Å². The molecule has 0 aromatic carbocycles. The first kappa shape index (κ1) is 13.7. The second-order valence-electron chi connectivity index (χ2n) is 4.75. The molecule has 1 rings (SSSR count). The number of imidazole rings is 1. The first-order valence-corrected chi connectivity index (χ1v) is 6.03. The van der Waals surface area contributed by atoms with Gasteiger partial charge in [0.15, 0.2) is 0 Å². The highest BCUT2D eigenvalue weighted by Gasteiger charge is 2.08. The second-order valence-corrected chi connectivity index (χ2v) is 4.75. The van der Waals surface area contributed by atoms with E-state index < -0.39 is 0 Å². The zero-order chi connectivity index (χ0) is 12.8. The summed E-state index contributed by atoms with van der Waals surface area (Å²) in [5.41, 5.74) is 6.76. The van der Waals surface area contributed by atoms with E-state index in [1.54, 1.807) is 12.5 Å². The van der Waals surface area contributed by atoms with E-state index in [1.165, 1.54) is 0 Å². The maximum Gasteiger partial charge on any atom is 0.221 e. The third-order valence-electron chi connectivity index (χ3n) is 2.50. The Morgan fingerprint density at radius 3 is 2.82 bits per heavy atom. The van der Waals surface area contributed by atoms with E-state index in [0.29, 0.717) is 18.9 Å². The Morgan fingerprint density at radius 2 is 2.24 bits per heavy atom. The molecule has 1 unspecified atom stereocenters. The van der Waals surface area contributed by atoms with Gasteiger partial charge in [0.05, 0.1) is 12.0 Å². The topological polar surface area (TPSA) is 72.9 Å². The Balaban J connectivity index is 2.39. The van der Waals surface area contributed by atoms with Crippen LogP contribution in [0.1, 0.15) is 38.9 Å². The van der Waals surface area contributed by atoms with Crippen LogP contribution in [-0.2, 0) is 11.3 Å². The maximum atomic E-state index is 11.5. The number of nitrogens with one attached hydrogen (secondary N) is 1. The Bertz CT molecular complexity index is 357. The molecule has 1 aromatic heterocycles. The van der Waals surface area contributed by atoms with E-state index in [0.717, 1.165) is 12.2 Å². The molecule has 1 atom stereocenters. The monoisotopic (exact) mass is 238 g/mol. The minimum absolute atomic E-state index is 0.0591. The van der Waals surface area contributed by atoms with E-state index in [2.05, 4.69) is 24.1 Å². The molecule has 96 valence electrons. The summed E-state index contributed by atoms with van der Waals surface area (Å²) in [4.78, 5) is 15.6. The molecule has 0 aliphatic carbocycles. The SMILES string of the molecule is CC(C)CNC(=O)CCn1cncc1C(C)N. The number of rotatable bonds is 6. The molecule has 17 heavy (non-hydrogen) atoms. The van der Waals surface area contributed by atoms with Crippen molar-refractivity contribution in [2.75, 3.05) is 6.54 Å². The third kappa shape index (κ3) is 4.56. The van der Waals surface area contributed by atoms with Crippen molar-refractivity contribution in [1.82, 2.24) is 14.9 Å². The fraction of sp³-hybridized carbons (Fsp3) is 0.667. The van der Waals surface area contributed by atoms with E-state index in [-0.39, 0.29) is 11.9 Å². The van der Waals surface area contributed by atoms with Gasteiger partial charge in [-0.2, -0.15) is 0 Å². The first-order valence-electron chi connectivity index (χ1n) is 6.03. The van der Waals surface area contributed by atoms with Gasteiger partial charge in [0.1, 0.15) is 0 Å². The molecular formula is C12H22N4O. The normalized spacial score (nSPS) is 12.8. The van der Waals surface area contributed by atoms with Crippen molar-refractivity contribution in [3.8, 4) is 0 Å². The largest absolute Gasteiger partial charge is 0.356 e. The lowest BCUT2D eigenvalue weighted by atomic mass is 10.2. The molecule has 0 aliphatic heterocycles. The number of hydrogen-bond acceptors (Lipinski definition) is 3. The van der Waals surface area contributed by atoms with Gasteiger partial charge >= 0.3 is 0 Å². The van der Waals surface area contributed by atoms with E-state index >= 15 is 0 Å². The summed E-state index contributed by atoms with van der Waals surface area (Å²) in [6.45, 7) is 7.41. The van der Waals surface area contributed by atoms with Gasteiger partial charge in [-0.15, -0.1) is 0 Å². The summed E-state index contributed by atoms with van der Waals surface area (Å²) in [5, 5.41) is 2.89. The summed E-state index contributed by atoms with van der Waals surface area (Å²) in [7, 11) is 0. The molecule has 0 radical (unpaired) electrons. The van der Waals surface area contributed by atoms with Crippen molar-refractivity contribution in [2.45, 2.75) is 39.8 Å². The predicted octanol–water partition coefficient (Wildman–Crippen LogP) is 1.07. The smallest absolute Gasteiger partial charge is 0.221 e. The van der Waals surface area contributed by atoms with Gasteiger partial charge < -0.3 is 15.6 Å². The Morgan fingerprint density at radius 1 is 1.53 bits per heavy atom. The zero-order valence-corrected chi connectivity index (χ0v) is 10.8. The zero-order valence-electron chi connectivity index (χ0n) is 10.8. The summed E-state index contributed by atoms with van der Waals surface area (Å²) >= 11 is 0. The minimum atomic E-state index is -0.0591. The minimum Gasteiger partial charge on any atom is -0.356 e. The molecule has 3 N–H and O–H groups in total. The number of nitrogens with zero attached hydrogens (tertiary/aromatic N) is 2. The van der Waals surface area contributed by atoms with Crippen molar-refractivity contribution in [3.63, 3.8) is 0 Å².